The first-order chi connectivity index (χ1) is 13.3. The fourth-order valence-electron chi connectivity index (χ4n) is 2.30. The molecule has 0 saturated heterocycles. The van der Waals surface area contributed by atoms with E-state index >= 15 is 0 Å². The average Bonchev–Trinajstić information content (AvgIpc) is 2.71. The van der Waals surface area contributed by atoms with E-state index in [0.717, 1.165) is 5.56 Å². The Balaban J connectivity index is 1.99. The lowest BCUT2D eigenvalue weighted by atomic mass is 10.2. The third-order valence-corrected chi connectivity index (χ3v) is 5.65. The summed E-state index contributed by atoms with van der Waals surface area (Å²) in [6, 6.07) is 14.7. The smallest absolute Gasteiger partial charge is 0.338 e. The van der Waals surface area contributed by atoms with Crippen molar-refractivity contribution in [3.8, 4) is 0 Å². The van der Waals surface area contributed by atoms with E-state index in [1.807, 2.05) is 30.3 Å². The van der Waals surface area contributed by atoms with Gasteiger partial charge in [0.15, 0.2) is 6.61 Å². The van der Waals surface area contributed by atoms with Gasteiger partial charge in [-0.3, -0.25) is 9.63 Å². The molecule has 0 atom stereocenters. The van der Waals surface area contributed by atoms with Crippen LogP contribution in [-0.4, -0.2) is 57.5 Å². The van der Waals surface area contributed by atoms with Gasteiger partial charge in [0, 0.05) is 20.6 Å². The maximum Gasteiger partial charge on any atom is 0.338 e. The molecule has 0 saturated carbocycles. The average molecular weight is 406 g/mol. The Hall–Kier alpha value is -2.75. The van der Waals surface area contributed by atoms with Gasteiger partial charge in [0.25, 0.3) is 15.9 Å². The summed E-state index contributed by atoms with van der Waals surface area (Å²) in [6.07, 6.45) is 0. The van der Waals surface area contributed by atoms with E-state index in [1.165, 1.54) is 43.3 Å². The molecule has 2 aromatic rings. The van der Waals surface area contributed by atoms with Gasteiger partial charge in [-0.05, 0) is 23.8 Å². The Bertz CT molecular complexity index is 930. The first-order valence-corrected chi connectivity index (χ1v) is 9.78. The van der Waals surface area contributed by atoms with Gasteiger partial charge in [-0.2, -0.15) is 0 Å². The van der Waals surface area contributed by atoms with Crippen molar-refractivity contribution in [3.05, 3.63) is 65.7 Å². The number of carbonyl (C=O) groups is 2. The summed E-state index contributed by atoms with van der Waals surface area (Å²) in [6.45, 7) is -0.0641. The molecule has 2 aromatic carbocycles. The van der Waals surface area contributed by atoms with E-state index in [9.17, 15) is 18.0 Å². The number of likely N-dealkylation sites (N-methyl/N-ethyl adjacent to an activating group) is 1. The monoisotopic (exact) mass is 406 g/mol. The molecular weight excluding hydrogens is 384 g/mol. The summed E-state index contributed by atoms with van der Waals surface area (Å²) in [5, 5.41) is 0. The predicted octanol–water partition coefficient (Wildman–Crippen LogP) is 1.68. The van der Waals surface area contributed by atoms with Gasteiger partial charge < -0.3 is 9.64 Å². The first kappa shape index (κ1) is 21.5. The molecule has 0 radical (unpaired) electrons. The lowest BCUT2D eigenvalue weighted by Gasteiger charge is -2.17. The molecule has 1 amide bonds. The van der Waals surface area contributed by atoms with Crippen LogP contribution in [0.4, 0.5) is 0 Å². The van der Waals surface area contributed by atoms with E-state index in [4.69, 9.17) is 9.57 Å². The third kappa shape index (κ3) is 5.38. The van der Waals surface area contributed by atoms with E-state index in [1.54, 1.807) is 7.05 Å². The zero-order chi connectivity index (χ0) is 20.7. The minimum absolute atomic E-state index is 0.0177. The highest BCUT2D eigenvalue weighted by molar-refractivity contribution is 7.89. The molecular formula is C19H22N2O6S. The molecule has 150 valence electrons. The summed E-state index contributed by atoms with van der Waals surface area (Å²) in [5.41, 5.74) is 0.967. The number of esters is 1. The topological polar surface area (TPSA) is 93.2 Å². The lowest BCUT2D eigenvalue weighted by molar-refractivity contribution is -0.133. The molecule has 0 unspecified atom stereocenters. The highest BCUT2D eigenvalue weighted by Crippen LogP contribution is 2.16. The van der Waals surface area contributed by atoms with Crippen LogP contribution in [0.5, 0.6) is 0 Å². The van der Waals surface area contributed by atoms with Crippen molar-refractivity contribution in [2.75, 3.05) is 27.8 Å². The van der Waals surface area contributed by atoms with Gasteiger partial charge in [-0.25, -0.2) is 13.2 Å². The Labute approximate surface area is 164 Å². The molecule has 0 aliphatic rings. The van der Waals surface area contributed by atoms with E-state index in [2.05, 4.69) is 0 Å². The second-order valence-electron chi connectivity index (χ2n) is 5.94. The zero-order valence-electron chi connectivity index (χ0n) is 15.9. The Morgan fingerprint density at radius 1 is 1.00 bits per heavy atom. The molecule has 0 aliphatic heterocycles. The van der Waals surface area contributed by atoms with Gasteiger partial charge in [-0.15, -0.1) is 0 Å². The standard InChI is InChI=1S/C19H22N2O6S/c1-20(13-15-8-5-4-6-9-15)18(22)14-27-19(23)16-10-7-11-17(12-16)28(24,25)21(2)26-3/h4-12H,13-14H2,1-3H3. The van der Waals surface area contributed by atoms with E-state index in [0.29, 0.717) is 11.0 Å². The summed E-state index contributed by atoms with van der Waals surface area (Å²) in [4.78, 5) is 30.4. The number of amides is 1. The highest BCUT2D eigenvalue weighted by Gasteiger charge is 2.22. The van der Waals surface area contributed by atoms with E-state index < -0.39 is 22.6 Å². The quantitative estimate of drug-likeness (QED) is 0.489. The molecule has 0 fully saturated rings. The summed E-state index contributed by atoms with van der Waals surface area (Å²) < 4.78 is 30.2. The molecule has 9 heteroatoms. The number of hydrogen-bond donors (Lipinski definition) is 0. The van der Waals surface area contributed by atoms with Crippen LogP contribution in [0.1, 0.15) is 15.9 Å². The molecule has 0 aromatic heterocycles. The second-order valence-corrected chi connectivity index (χ2v) is 7.87. The van der Waals surface area contributed by atoms with Crippen LogP contribution in [0.3, 0.4) is 0 Å². The van der Waals surface area contributed by atoms with Crippen molar-refractivity contribution >= 4 is 21.9 Å². The van der Waals surface area contributed by atoms with Crippen LogP contribution < -0.4 is 0 Å². The number of hydrogen-bond acceptors (Lipinski definition) is 6. The third-order valence-electron chi connectivity index (χ3n) is 3.98. The fourth-order valence-corrected chi connectivity index (χ4v) is 3.32. The van der Waals surface area contributed by atoms with Gasteiger partial charge in [0.2, 0.25) is 0 Å². The Morgan fingerprint density at radius 2 is 1.68 bits per heavy atom. The summed E-state index contributed by atoms with van der Waals surface area (Å²) >= 11 is 0. The maximum absolute atomic E-state index is 12.3. The van der Waals surface area contributed by atoms with Crippen LogP contribution in [0, 0.1) is 0 Å². The predicted molar refractivity (Wildman–Crippen MR) is 102 cm³/mol. The molecule has 0 heterocycles. The molecule has 28 heavy (non-hydrogen) atoms. The Morgan fingerprint density at radius 3 is 2.32 bits per heavy atom. The van der Waals surface area contributed by atoms with Crippen molar-refractivity contribution in [1.82, 2.24) is 9.37 Å². The first-order valence-electron chi connectivity index (χ1n) is 8.34. The number of carbonyl (C=O) groups excluding carboxylic acids is 2. The molecule has 2 rings (SSSR count). The normalized spacial score (nSPS) is 11.3. The van der Waals surface area contributed by atoms with Crippen LogP contribution in [-0.2, 0) is 30.9 Å². The molecule has 0 aliphatic carbocycles. The van der Waals surface area contributed by atoms with Crippen molar-refractivity contribution in [1.29, 1.82) is 0 Å². The second kappa shape index (κ2) is 9.45. The number of benzene rings is 2. The van der Waals surface area contributed by atoms with Crippen molar-refractivity contribution < 1.29 is 27.6 Å². The minimum Gasteiger partial charge on any atom is -0.452 e. The number of rotatable bonds is 8. The van der Waals surface area contributed by atoms with Crippen molar-refractivity contribution in [3.63, 3.8) is 0 Å². The van der Waals surface area contributed by atoms with Gasteiger partial charge in [0.05, 0.1) is 17.6 Å². The summed E-state index contributed by atoms with van der Waals surface area (Å²) in [5.74, 6) is -1.17. The molecule has 0 spiro atoms. The SMILES string of the molecule is CON(C)S(=O)(=O)c1cccc(C(=O)OCC(=O)N(C)Cc2ccccc2)c1. The number of hydroxylamine groups is 1. The van der Waals surface area contributed by atoms with Crippen molar-refractivity contribution in [2.24, 2.45) is 0 Å². The number of ether oxygens (including phenoxy) is 1. The molecule has 0 N–H and O–H groups in total. The summed E-state index contributed by atoms with van der Waals surface area (Å²) in [7, 11) is 0.165. The number of nitrogens with zero attached hydrogens (tertiary/aromatic N) is 2. The van der Waals surface area contributed by atoms with Gasteiger partial charge >= 0.3 is 5.97 Å². The van der Waals surface area contributed by atoms with E-state index in [-0.39, 0.29) is 16.4 Å². The lowest BCUT2D eigenvalue weighted by Crippen LogP contribution is -2.30. The maximum atomic E-state index is 12.3. The molecule has 0 bridgehead atoms. The van der Waals surface area contributed by atoms with Crippen LogP contribution >= 0.6 is 0 Å². The van der Waals surface area contributed by atoms with Crippen LogP contribution in [0.2, 0.25) is 0 Å². The fraction of sp³-hybridized carbons (Fsp3) is 0.263. The van der Waals surface area contributed by atoms with Crippen molar-refractivity contribution in [2.45, 2.75) is 11.4 Å². The zero-order valence-corrected chi connectivity index (χ0v) is 16.7. The van der Waals surface area contributed by atoms with Crippen LogP contribution in [0.15, 0.2) is 59.5 Å². The highest BCUT2D eigenvalue weighted by atomic mass is 32.2. The minimum atomic E-state index is -3.90. The van der Waals surface area contributed by atoms with Gasteiger partial charge in [0.1, 0.15) is 0 Å². The number of sulfonamides is 1. The van der Waals surface area contributed by atoms with Gasteiger partial charge in [-0.1, -0.05) is 40.9 Å². The van der Waals surface area contributed by atoms with Crippen LogP contribution in [0.25, 0.3) is 0 Å². The molecule has 8 nitrogen and oxygen atoms in total. The Kier molecular flexibility index (Phi) is 7.27. The largest absolute Gasteiger partial charge is 0.452 e.